The zero-order valence-electron chi connectivity index (χ0n) is 21.5. The van der Waals surface area contributed by atoms with Crippen molar-refractivity contribution < 1.29 is 9.53 Å². The first-order valence-electron chi connectivity index (χ1n) is 13.0. The number of rotatable bonds is 8. The fourth-order valence-corrected chi connectivity index (χ4v) is 5.30. The van der Waals surface area contributed by atoms with Crippen molar-refractivity contribution in [2.45, 2.75) is 12.6 Å². The highest BCUT2D eigenvalue weighted by molar-refractivity contribution is 6.35. The van der Waals surface area contributed by atoms with Gasteiger partial charge in [-0.2, -0.15) is 0 Å². The minimum absolute atomic E-state index is 0.0309. The highest BCUT2D eigenvalue weighted by Crippen LogP contribution is 2.29. The van der Waals surface area contributed by atoms with Crippen LogP contribution in [-0.2, 0) is 11.4 Å². The molecule has 1 aliphatic rings. The third kappa shape index (κ3) is 7.10. The van der Waals surface area contributed by atoms with E-state index in [1.165, 1.54) is 11.1 Å². The summed E-state index contributed by atoms with van der Waals surface area (Å²) in [5.74, 6) is 0.760. The van der Waals surface area contributed by atoms with Crippen LogP contribution in [0.25, 0.3) is 6.08 Å². The molecule has 4 aromatic rings. The molecule has 1 fully saturated rings. The van der Waals surface area contributed by atoms with E-state index in [1.54, 1.807) is 18.2 Å². The van der Waals surface area contributed by atoms with Crippen LogP contribution < -0.4 is 4.74 Å². The van der Waals surface area contributed by atoms with Gasteiger partial charge < -0.3 is 9.64 Å². The molecule has 0 atom stereocenters. The highest BCUT2D eigenvalue weighted by Gasteiger charge is 2.27. The molecule has 1 aliphatic heterocycles. The smallest absolute Gasteiger partial charge is 0.246 e. The van der Waals surface area contributed by atoms with Crippen molar-refractivity contribution in [2.24, 2.45) is 0 Å². The number of piperazine rings is 1. The lowest BCUT2D eigenvalue weighted by molar-refractivity contribution is -0.127. The summed E-state index contributed by atoms with van der Waals surface area (Å²) in [5.41, 5.74) is 4.35. The first-order chi connectivity index (χ1) is 19.1. The zero-order valence-corrected chi connectivity index (χ0v) is 23.1. The molecule has 4 aromatic carbocycles. The largest absolute Gasteiger partial charge is 0.489 e. The Hall–Kier alpha value is -3.57. The lowest BCUT2D eigenvalue weighted by Crippen LogP contribution is -2.49. The Morgan fingerprint density at radius 2 is 1.41 bits per heavy atom. The van der Waals surface area contributed by atoms with E-state index in [-0.39, 0.29) is 11.9 Å². The quantitative estimate of drug-likeness (QED) is 0.210. The summed E-state index contributed by atoms with van der Waals surface area (Å²) in [4.78, 5) is 17.3. The van der Waals surface area contributed by atoms with Gasteiger partial charge in [0.05, 0.1) is 6.04 Å². The maximum Gasteiger partial charge on any atom is 0.246 e. The molecule has 39 heavy (non-hydrogen) atoms. The van der Waals surface area contributed by atoms with Crippen LogP contribution in [0.1, 0.15) is 28.3 Å². The van der Waals surface area contributed by atoms with Crippen LogP contribution in [0.5, 0.6) is 5.75 Å². The molecule has 6 heteroatoms. The Balaban J connectivity index is 1.15. The molecule has 1 saturated heterocycles. The summed E-state index contributed by atoms with van der Waals surface area (Å²) < 4.78 is 5.85. The summed E-state index contributed by atoms with van der Waals surface area (Å²) in [6, 6.07) is 34.4. The molecule has 198 valence electrons. The van der Waals surface area contributed by atoms with Gasteiger partial charge in [-0.05, 0) is 47.0 Å². The summed E-state index contributed by atoms with van der Waals surface area (Å²) in [6.07, 6.45) is 3.51. The van der Waals surface area contributed by atoms with Gasteiger partial charge in [0.15, 0.2) is 0 Å². The number of halogens is 2. The number of hydrogen-bond acceptors (Lipinski definition) is 3. The second-order valence-corrected chi connectivity index (χ2v) is 10.4. The average Bonchev–Trinajstić information content (AvgIpc) is 2.98. The molecule has 0 aliphatic carbocycles. The van der Waals surface area contributed by atoms with E-state index in [4.69, 9.17) is 27.9 Å². The van der Waals surface area contributed by atoms with E-state index in [1.807, 2.05) is 53.4 Å². The van der Waals surface area contributed by atoms with Crippen LogP contribution in [0, 0.1) is 0 Å². The molecule has 1 amide bonds. The van der Waals surface area contributed by atoms with Gasteiger partial charge in [-0.1, -0.05) is 102 Å². The third-order valence-corrected chi connectivity index (χ3v) is 7.52. The second-order valence-electron chi connectivity index (χ2n) is 9.51. The Bertz CT molecular complexity index is 1360. The van der Waals surface area contributed by atoms with Gasteiger partial charge in [0.2, 0.25) is 5.91 Å². The first-order valence-corrected chi connectivity index (χ1v) is 13.8. The first kappa shape index (κ1) is 27.0. The molecule has 0 spiro atoms. The summed E-state index contributed by atoms with van der Waals surface area (Å²) in [6.45, 7) is 3.37. The molecule has 0 aromatic heterocycles. The molecular formula is C33H30Cl2N2O2. The maximum absolute atomic E-state index is 12.9. The van der Waals surface area contributed by atoms with E-state index in [9.17, 15) is 4.79 Å². The van der Waals surface area contributed by atoms with Crippen molar-refractivity contribution in [3.63, 3.8) is 0 Å². The Morgan fingerprint density at radius 3 is 2.00 bits per heavy atom. The predicted octanol–water partition coefficient (Wildman–Crippen LogP) is 7.52. The Morgan fingerprint density at radius 1 is 0.795 bits per heavy atom. The monoisotopic (exact) mass is 556 g/mol. The standard InChI is InChI=1S/C33H30Cl2N2O2/c34-29-15-14-28(31(35)23-29)24-39-30-16-11-25(12-17-30)13-18-32(38)36-19-21-37(22-20-36)33(26-7-3-1-4-8-26)27-9-5-2-6-10-27/h1-18,23,33H,19-22,24H2/b18-13+. The van der Waals surface area contributed by atoms with E-state index >= 15 is 0 Å². The SMILES string of the molecule is O=C(/C=C/c1ccc(OCc2ccc(Cl)cc2Cl)cc1)N1CCN(C(c2ccccc2)c2ccccc2)CC1. The number of carbonyl (C=O) groups is 1. The molecule has 5 rings (SSSR count). The van der Waals surface area contributed by atoms with Crippen molar-refractivity contribution >= 4 is 35.2 Å². The lowest BCUT2D eigenvalue weighted by Gasteiger charge is -2.39. The van der Waals surface area contributed by atoms with Gasteiger partial charge in [-0.15, -0.1) is 0 Å². The van der Waals surface area contributed by atoms with Crippen LogP contribution in [0.3, 0.4) is 0 Å². The van der Waals surface area contributed by atoms with Crippen molar-refractivity contribution in [2.75, 3.05) is 26.2 Å². The van der Waals surface area contributed by atoms with E-state index in [0.29, 0.717) is 29.7 Å². The number of hydrogen-bond donors (Lipinski definition) is 0. The van der Waals surface area contributed by atoms with Crippen molar-refractivity contribution in [3.05, 3.63) is 142 Å². The van der Waals surface area contributed by atoms with Gasteiger partial charge in [0.25, 0.3) is 0 Å². The average molecular weight is 558 g/mol. The number of benzene rings is 4. The summed E-state index contributed by atoms with van der Waals surface area (Å²) >= 11 is 12.2. The van der Waals surface area contributed by atoms with Crippen molar-refractivity contribution in [1.29, 1.82) is 0 Å². The van der Waals surface area contributed by atoms with E-state index in [2.05, 4.69) is 53.4 Å². The van der Waals surface area contributed by atoms with Gasteiger partial charge in [-0.3, -0.25) is 9.69 Å². The number of nitrogens with zero attached hydrogens (tertiary/aromatic N) is 2. The number of amides is 1. The van der Waals surface area contributed by atoms with Crippen LogP contribution in [0.2, 0.25) is 10.0 Å². The van der Waals surface area contributed by atoms with Gasteiger partial charge in [-0.25, -0.2) is 0 Å². The molecule has 0 saturated carbocycles. The molecule has 0 radical (unpaired) electrons. The van der Waals surface area contributed by atoms with Crippen LogP contribution in [0.4, 0.5) is 0 Å². The van der Waals surface area contributed by atoms with E-state index in [0.717, 1.165) is 30.0 Å². The highest BCUT2D eigenvalue weighted by atomic mass is 35.5. The maximum atomic E-state index is 12.9. The summed E-state index contributed by atoms with van der Waals surface area (Å²) in [5, 5.41) is 1.18. The number of carbonyl (C=O) groups excluding carboxylic acids is 1. The topological polar surface area (TPSA) is 32.8 Å². The van der Waals surface area contributed by atoms with E-state index < -0.39 is 0 Å². The minimum atomic E-state index is 0.0309. The Labute approximate surface area is 240 Å². The summed E-state index contributed by atoms with van der Waals surface area (Å²) in [7, 11) is 0. The van der Waals surface area contributed by atoms with Gasteiger partial charge in [0, 0.05) is 47.9 Å². The third-order valence-electron chi connectivity index (χ3n) is 6.93. The zero-order chi connectivity index (χ0) is 27.0. The second kappa shape index (κ2) is 13.0. The molecule has 4 nitrogen and oxygen atoms in total. The molecule has 0 bridgehead atoms. The van der Waals surface area contributed by atoms with Crippen LogP contribution >= 0.6 is 23.2 Å². The molecular weight excluding hydrogens is 527 g/mol. The van der Waals surface area contributed by atoms with Gasteiger partial charge in [0.1, 0.15) is 12.4 Å². The fraction of sp³-hybridized carbons (Fsp3) is 0.182. The lowest BCUT2D eigenvalue weighted by atomic mass is 9.96. The van der Waals surface area contributed by atoms with Crippen LogP contribution in [0.15, 0.2) is 109 Å². The van der Waals surface area contributed by atoms with Crippen molar-refractivity contribution in [1.82, 2.24) is 9.80 Å². The normalized spacial score (nSPS) is 14.2. The van der Waals surface area contributed by atoms with Crippen molar-refractivity contribution in [3.8, 4) is 5.75 Å². The molecule has 0 N–H and O–H groups in total. The molecule has 1 heterocycles. The fourth-order valence-electron chi connectivity index (χ4n) is 4.83. The predicted molar refractivity (Wildman–Crippen MR) is 159 cm³/mol. The van der Waals surface area contributed by atoms with Gasteiger partial charge >= 0.3 is 0 Å². The number of ether oxygens (including phenoxy) is 1. The molecule has 0 unspecified atom stereocenters. The Kier molecular flexibility index (Phi) is 9.00. The minimum Gasteiger partial charge on any atom is -0.489 e. The van der Waals surface area contributed by atoms with Crippen LogP contribution in [-0.4, -0.2) is 41.9 Å².